The minimum absolute atomic E-state index is 0.187. The molecule has 1 heterocycles. The molecule has 0 aliphatic rings. The highest BCUT2D eigenvalue weighted by molar-refractivity contribution is 5.85. The van der Waals surface area contributed by atoms with Gasteiger partial charge < -0.3 is 15.9 Å². The average molecular weight is 276 g/mol. The summed E-state index contributed by atoms with van der Waals surface area (Å²) in [5, 5.41) is 0. The second kappa shape index (κ2) is 5.92. The Hall–Kier alpha value is -2.08. The number of hydrogen-bond donors (Lipinski definition) is 2. The summed E-state index contributed by atoms with van der Waals surface area (Å²) in [6, 6.07) is 5.43. The number of carbonyl (C=O) groups is 1. The van der Waals surface area contributed by atoms with E-state index in [4.69, 9.17) is 15.9 Å². The van der Waals surface area contributed by atoms with Crippen molar-refractivity contribution in [1.29, 1.82) is 0 Å². The highest BCUT2D eigenvalue weighted by atomic mass is 16.3. The van der Waals surface area contributed by atoms with Crippen LogP contribution >= 0.6 is 0 Å². The van der Waals surface area contributed by atoms with Gasteiger partial charge in [-0.3, -0.25) is 9.69 Å². The van der Waals surface area contributed by atoms with E-state index < -0.39 is 0 Å². The number of amides is 1. The van der Waals surface area contributed by atoms with Gasteiger partial charge in [0.1, 0.15) is 5.52 Å². The number of aromatic nitrogens is 1. The van der Waals surface area contributed by atoms with E-state index in [0.29, 0.717) is 35.1 Å². The van der Waals surface area contributed by atoms with Gasteiger partial charge in [-0.25, -0.2) is 4.98 Å². The number of para-hydroxylation sites is 1. The summed E-state index contributed by atoms with van der Waals surface area (Å²) in [5.41, 5.74) is 13.0. The van der Waals surface area contributed by atoms with E-state index >= 15 is 0 Å². The summed E-state index contributed by atoms with van der Waals surface area (Å²) in [5.74, 6) is 0.602. The fourth-order valence-corrected chi connectivity index (χ4v) is 2.20. The summed E-state index contributed by atoms with van der Waals surface area (Å²) in [6.45, 7) is 5.54. The number of benzene rings is 1. The molecule has 0 aliphatic carbocycles. The minimum Gasteiger partial charge on any atom is -0.439 e. The van der Waals surface area contributed by atoms with Crippen LogP contribution in [0.25, 0.3) is 11.1 Å². The maximum absolute atomic E-state index is 11.1. The van der Waals surface area contributed by atoms with E-state index in [1.54, 1.807) is 6.07 Å². The fourth-order valence-electron chi connectivity index (χ4n) is 2.20. The van der Waals surface area contributed by atoms with Crippen LogP contribution < -0.4 is 11.5 Å². The van der Waals surface area contributed by atoms with Gasteiger partial charge in [-0.1, -0.05) is 19.9 Å². The Bertz CT molecular complexity index is 606. The third-order valence-corrected chi connectivity index (χ3v) is 2.86. The lowest BCUT2D eigenvalue weighted by molar-refractivity contribution is -0.119. The Balaban J connectivity index is 2.19. The molecule has 6 nitrogen and oxygen atoms in total. The molecule has 0 unspecified atom stereocenters. The first kappa shape index (κ1) is 14.3. The van der Waals surface area contributed by atoms with E-state index in [-0.39, 0.29) is 12.5 Å². The predicted octanol–water partition coefficient (Wildman–Crippen LogP) is 1.35. The third-order valence-electron chi connectivity index (χ3n) is 2.86. The van der Waals surface area contributed by atoms with Crippen molar-refractivity contribution in [3.8, 4) is 0 Å². The van der Waals surface area contributed by atoms with Crippen LogP contribution in [-0.2, 0) is 11.3 Å². The first-order valence-electron chi connectivity index (χ1n) is 6.60. The lowest BCUT2D eigenvalue weighted by atomic mass is 10.2. The normalized spacial score (nSPS) is 11.6. The second-order valence-corrected chi connectivity index (χ2v) is 5.33. The molecule has 6 heteroatoms. The van der Waals surface area contributed by atoms with Crippen LogP contribution in [0.15, 0.2) is 22.6 Å². The Morgan fingerprint density at radius 3 is 2.80 bits per heavy atom. The van der Waals surface area contributed by atoms with Gasteiger partial charge in [-0.05, 0) is 18.1 Å². The Morgan fingerprint density at radius 1 is 1.45 bits per heavy atom. The Labute approximate surface area is 117 Å². The lowest BCUT2D eigenvalue weighted by Gasteiger charge is -2.20. The van der Waals surface area contributed by atoms with E-state index in [1.165, 1.54) is 0 Å². The monoisotopic (exact) mass is 276 g/mol. The van der Waals surface area contributed by atoms with Gasteiger partial charge in [0.2, 0.25) is 11.8 Å². The number of carbonyl (C=O) groups excluding carboxylic acids is 1. The first-order chi connectivity index (χ1) is 9.45. The summed E-state index contributed by atoms with van der Waals surface area (Å²) < 4.78 is 5.66. The average Bonchev–Trinajstić information content (AvgIpc) is 2.71. The fraction of sp³-hybridized carbons (Fsp3) is 0.429. The molecule has 108 valence electrons. The molecule has 2 aromatic rings. The Morgan fingerprint density at radius 2 is 2.20 bits per heavy atom. The van der Waals surface area contributed by atoms with Crippen molar-refractivity contribution < 1.29 is 9.21 Å². The maximum Gasteiger partial charge on any atom is 0.231 e. The molecule has 0 saturated carbocycles. The number of nitrogens with zero attached hydrogens (tertiary/aromatic N) is 2. The van der Waals surface area contributed by atoms with Crippen molar-refractivity contribution in [3.63, 3.8) is 0 Å². The van der Waals surface area contributed by atoms with Crippen molar-refractivity contribution in [1.82, 2.24) is 9.88 Å². The molecular formula is C14H20N4O2. The number of fused-ring (bicyclic) bond motifs is 1. The number of nitrogens with two attached hydrogens (primary N) is 2. The maximum atomic E-state index is 11.1. The van der Waals surface area contributed by atoms with Crippen molar-refractivity contribution in [2.24, 2.45) is 11.7 Å². The molecule has 2 rings (SSSR count). The zero-order chi connectivity index (χ0) is 14.7. The molecule has 1 aromatic heterocycles. The molecule has 0 fully saturated rings. The van der Waals surface area contributed by atoms with Gasteiger partial charge in [-0.2, -0.15) is 0 Å². The van der Waals surface area contributed by atoms with E-state index in [9.17, 15) is 4.79 Å². The van der Waals surface area contributed by atoms with E-state index in [1.807, 2.05) is 17.0 Å². The summed E-state index contributed by atoms with van der Waals surface area (Å²) in [6.07, 6.45) is 0. The van der Waals surface area contributed by atoms with Crippen LogP contribution in [0.2, 0.25) is 0 Å². The zero-order valence-corrected chi connectivity index (χ0v) is 11.8. The van der Waals surface area contributed by atoms with Gasteiger partial charge in [0, 0.05) is 6.54 Å². The largest absolute Gasteiger partial charge is 0.439 e. The van der Waals surface area contributed by atoms with Crippen LogP contribution in [0.1, 0.15) is 19.7 Å². The number of primary amides is 1. The van der Waals surface area contributed by atoms with Gasteiger partial charge >= 0.3 is 0 Å². The van der Waals surface area contributed by atoms with Crippen molar-refractivity contribution in [2.75, 3.05) is 18.8 Å². The van der Waals surface area contributed by atoms with Crippen molar-refractivity contribution in [3.05, 3.63) is 24.1 Å². The molecule has 0 bridgehead atoms. The summed E-state index contributed by atoms with van der Waals surface area (Å²) >= 11 is 0. The molecule has 0 aliphatic heterocycles. The Kier molecular flexibility index (Phi) is 4.24. The molecule has 4 N–H and O–H groups in total. The smallest absolute Gasteiger partial charge is 0.231 e. The molecule has 0 spiro atoms. The number of oxazole rings is 1. The number of rotatable bonds is 6. The highest BCUT2D eigenvalue weighted by Gasteiger charge is 2.15. The van der Waals surface area contributed by atoms with Crippen LogP contribution in [0, 0.1) is 5.92 Å². The predicted molar refractivity (Wildman–Crippen MR) is 77.7 cm³/mol. The van der Waals surface area contributed by atoms with Crippen LogP contribution in [0.4, 0.5) is 5.69 Å². The van der Waals surface area contributed by atoms with Crippen molar-refractivity contribution >= 4 is 22.7 Å². The standard InChI is InChI=1S/C14H20N4O2/c1-9(2)6-18(7-12(16)19)8-13-17-14-10(15)4-3-5-11(14)20-13/h3-5,9H,6-8,15H2,1-2H3,(H2,16,19). The number of nitrogen functional groups attached to an aromatic ring is 1. The van der Waals surface area contributed by atoms with Gasteiger partial charge in [0.25, 0.3) is 0 Å². The minimum atomic E-state index is -0.360. The van der Waals surface area contributed by atoms with Crippen molar-refractivity contribution in [2.45, 2.75) is 20.4 Å². The van der Waals surface area contributed by atoms with Gasteiger partial charge in [0.05, 0.1) is 18.8 Å². The summed E-state index contributed by atoms with van der Waals surface area (Å²) in [7, 11) is 0. The molecule has 0 radical (unpaired) electrons. The van der Waals surface area contributed by atoms with E-state index in [2.05, 4.69) is 18.8 Å². The molecule has 1 amide bonds. The third kappa shape index (κ3) is 3.48. The van der Waals surface area contributed by atoms with E-state index in [0.717, 1.165) is 6.54 Å². The lowest BCUT2D eigenvalue weighted by Crippen LogP contribution is -2.35. The molecule has 1 aromatic carbocycles. The van der Waals surface area contributed by atoms with Gasteiger partial charge in [-0.15, -0.1) is 0 Å². The van der Waals surface area contributed by atoms with Crippen LogP contribution in [-0.4, -0.2) is 28.9 Å². The first-order valence-corrected chi connectivity index (χ1v) is 6.60. The molecule has 0 saturated heterocycles. The molecule has 20 heavy (non-hydrogen) atoms. The summed E-state index contributed by atoms with van der Waals surface area (Å²) in [4.78, 5) is 17.4. The topological polar surface area (TPSA) is 98.4 Å². The molecular weight excluding hydrogens is 256 g/mol. The SMILES string of the molecule is CC(C)CN(CC(N)=O)Cc1nc2c(N)cccc2o1. The second-order valence-electron chi connectivity index (χ2n) is 5.33. The quantitative estimate of drug-likeness (QED) is 0.776. The highest BCUT2D eigenvalue weighted by Crippen LogP contribution is 2.21. The number of anilines is 1. The van der Waals surface area contributed by atoms with Crippen LogP contribution in [0.5, 0.6) is 0 Å². The van der Waals surface area contributed by atoms with Crippen LogP contribution in [0.3, 0.4) is 0 Å². The van der Waals surface area contributed by atoms with Gasteiger partial charge in [0.15, 0.2) is 5.58 Å². The molecule has 0 atom stereocenters. The number of hydrogen-bond acceptors (Lipinski definition) is 5. The zero-order valence-electron chi connectivity index (χ0n) is 11.8.